The third kappa shape index (κ3) is 3.67. The zero-order valence-corrected chi connectivity index (χ0v) is 11.9. The van der Waals surface area contributed by atoms with Crippen LogP contribution in [0.25, 0.3) is 0 Å². The molecule has 19 heavy (non-hydrogen) atoms. The lowest BCUT2D eigenvalue weighted by Gasteiger charge is -2.35. The van der Waals surface area contributed by atoms with Crippen LogP contribution in [0.3, 0.4) is 0 Å². The minimum absolute atomic E-state index is 0.0413. The van der Waals surface area contributed by atoms with E-state index in [0.29, 0.717) is 6.10 Å². The van der Waals surface area contributed by atoms with E-state index in [2.05, 4.69) is 22.9 Å². The number of anilines is 1. The topological polar surface area (TPSA) is 45.6 Å². The van der Waals surface area contributed by atoms with Crippen LogP contribution in [0.15, 0.2) is 12.3 Å². The van der Waals surface area contributed by atoms with E-state index in [4.69, 9.17) is 4.74 Å². The van der Waals surface area contributed by atoms with Crippen LogP contribution >= 0.6 is 0 Å². The van der Waals surface area contributed by atoms with Crippen LogP contribution in [0.5, 0.6) is 0 Å². The van der Waals surface area contributed by atoms with Crippen molar-refractivity contribution in [3.63, 3.8) is 0 Å². The third-order valence-electron chi connectivity index (χ3n) is 3.55. The molecule has 0 aromatic carbocycles. The number of aliphatic hydroxyl groups excluding tert-OH is 1. The van der Waals surface area contributed by atoms with Crippen LogP contribution in [0, 0.1) is 6.92 Å². The van der Waals surface area contributed by atoms with Crippen molar-refractivity contribution < 1.29 is 9.84 Å². The number of aryl methyl sites for hydroxylation is 1. The lowest BCUT2D eigenvalue weighted by Crippen LogP contribution is -2.40. The van der Waals surface area contributed by atoms with Crippen molar-refractivity contribution in [2.75, 3.05) is 24.6 Å². The first-order valence-electron chi connectivity index (χ1n) is 7.17. The molecule has 0 bridgehead atoms. The van der Waals surface area contributed by atoms with E-state index >= 15 is 0 Å². The Morgan fingerprint density at radius 2 is 2.37 bits per heavy atom. The molecule has 1 saturated heterocycles. The van der Waals surface area contributed by atoms with Crippen LogP contribution < -0.4 is 4.90 Å². The molecule has 1 aliphatic heterocycles. The van der Waals surface area contributed by atoms with Gasteiger partial charge in [-0.1, -0.05) is 6.92 Å². The SMILES string of the molecule is CCCOC1CCCN(c2cc(C)ncc2CO)C1. The van der Waals surface area contributed by atoms with E-state index in [0.717, 1.165) is 55.9 Å². The van der Waals surface area contributed by atoms with Gasteiger partial charge in [0.1, 0.15) is 0 Å². The van der Waals surface area contributed by atoms with E-state index in [9.17, 15) is 5.11 Å². The van der Waals surface area contributed by atoms with Crippen molar-refractivity contribution in [3.05, 3.63) is 23.5 Å². The fourth-order valence-corrected chi connectivity index (χ4v) is 2.57. The van der Waals surface area contributed by atoms with Crippen molar-refractivity contribution in [2.45, 2.75) is 45.8 Å². The smallest absolute Gasteiger partial charge is 0.0750 e. The molecular formula is C15H24N2O2. The lowest BCUT2D eigenvalue weighted by molar-refractivity contribution is 0.0440. The Hall–Kier alpha value is -1.13. The molecule has 1 fully saturated rings. The van der Waals surface area contributed by atoms with Gasteiger partial charge in [-0.15, -0.1) is 0 Å². The maximum absolute atomic E-state index is 9.45. The van der Waals surface area contributed by atoms with E-state index in [1.807, 2.05) is 6.92 Å². The van der Waals surface area contributed by atoms with Crippen molar-refractivity contribution in [1.82, 2.24) is 4.98 Å². The number of nitrogens with zero attached hydrogens (tertiary/aromatic N) is 2. The second-order valence-electron chi connectivity index (χ2n) is 5.19. The monoisotopic (exact) mass is 264 g/mol. The molecule has 0 amide bonds. The molecule has 2 rings (SSSR count). The maximum Gasteiger partial charge on any atom is 0.0750 e. The quantitative estimate of drug-likeness (QED) is 0.886. The summed E-state index contributed by atoms with van der Waals surface area (Å²) in [5.74, 6) is 0. The molecule has 0 saturated carbocycles. The second kappa shape index (κ2) is 6.87. The fourth-order valence-electron chi connectivity index (χ4n) is 2.57. The largest absolute Gasteiger partial charge is 0.392 e. The normalized spacial score (nSPS) is 19.7. The number of rotatable bonds is 5. The molecule has 4 heteroatoms. The van der Waals surface area contributed by atoms with Crippen molar-refractivity contribution in [2.24, 2.45) is 0 Å². The van der Waals surface area contributed by atoms with E-state index < -0.39 is 0 Å². The Balaban J connectivity index is 2.10. The van der Waals surface area contributed by atoms with Gasteiger partial charge in [-0.05, 0) is 32.3 Å². The highest BCUT2D eigenvalue weighted by molar-refractivity contribution is 5.53. The molecular weight excluding hydrogens is 240 g/mol. The number of piperidine rings is 1. The number of pyridine rings is 1. The molecule has 2 heterocycles. The number of hydrogen-bond donors (Lipinski definition) is 1. The first kappa shape index (κ1) is 14.3. The van der Waals surface area contributed by atoms with Gasteiger partial charge >= 0.3 is 0 Å². The fraction of sp³-hybridized carbons (Fsp3) is 0.667. The van der Waals surface area contributed by atoms with Crippen LogP contribution in [-0.4, -0.2) is 35.9 Å². The minimum Gasteiger partial charge on any atom is -0.392 e. The van der Waals surface area contributed by atoms with Gasteiger partial charge in [0.25, 0.3) is 0 Å². The number of aliphatic hydroxyl groups is 1. The zero-order valence-electron chi connectivity index (χ0n) is 11.9. The maximum atomic E-state index is 9.45. The van der Waals surface area contributed by atoms with E-state index in [-0.39, 0.29) is 6.61 Å². The van der Waals surface area contributed by atoms with Gasteiger partial charge in [0.05, 0.1) is 12.7 Å². The first-order valence-corrected chi connectivity index (χ1v) is 7.17. The van der Waals surface area contributed by atoms with Crippen LogP contribution in [0.1, 0.15) is 37.4 Å². The molecule has 0 aliphatic carbocycles. The van der Waals surface area contributed by atoms with Crippen molar-refractivity contribution in [1.29, 1.82) is 0 Å². The summed E-state index contributed by atoms with van der Waals surface area (Å²) in [6.45, 7) is 6.94. The van der Waals surface area contributed by atoms with Crippen molar-refractivity contribution >= 4 is 5.69 Å². The molecule has 0 spiro atoms. The van der Waals surface area contributed by atoms with Crippen molar-refractivity contribution in [3.8, 4) is 0 Å². The number of aromatic nitrogens is 1. The molecule has 0 radical (unpaired) electrons. The number of ether oxygens (including phenoxy) is 1. The predicted octanol–water partition coefficient (Wildman–Crippen LogP) is 2.28. The highest BCUT2D eigenvalue weighted by Gasteiger charge is 2.22. The Labute approximate surface area is 115 Å². The highest BCUT2D eigenvalue weighted by Crippen LogP contribution is 2.25. The van der Waals surface area contributed by atoms with Gasteiger partial charge in [-0.3, -0.25) is 4.98 Å². The van der Waals surface area contributed by atoms with Gasteiger partial charge < -0.3 is 14.7 Å². The van der Waals surface area contributed by atoms with Crippen LogP contribution in [0.4, 0.5) is 5.69 Å². The van der Waals surface area contributed by atoms with Gasteiger partial charge in [-0.25, -0.2) is 0 Å². The zero-order chi connectivity index (χ0) is 13.7. The molecule has 1 aliphatic rings. The van der Waals surface area contributed by atoms with Gasteiger partial charge in [-0.2, -0.15) is 0 Å². The standard InChI is InChI=1S/C15H24N2O2/c1-3-7-19-14-5-4-6-17(10-14)15-8-12(2)16-9-13(15)11-18/h8-9,14,18H,3-7,10-11H2,1-2H3. The van der Waals surface area contributed by atoms with Crippen LogP contribution in [0.2, 0.25) is 0 Å². The molecule has 1 unspecified atom stereocenters. The summed E-state index contributed by atoms with van der Waals surface area (Å²) in [5, 5.41) is 9.45. The summed E-state index contributed by atoms with van der Waals surface area (Å²) in [6, 6.07) is 2.06. The van der Waals surface area contributed by atoms with Gasteiger partial charge in [0.15, 0.2) is 0 Å². The molecule has 1 aromatic heterocycles. The predicted molar refractivity (Wildman–Crippen MR) is 76.4 cm³/mol. The number of hydrogen-bond acceptors (Lipinski definition) is 4. The van der Waals surface area contributed by atoms with E-state index in [1.54, 1.807) is 6.20 Å². The molecule has 106 valence electrons. The molecule has 1 atom stereocenters. The van der Waals surface area contributed by atoms with Gasteiger partial charge in [0.2, 0.25) is 0 Å². The van der Waals surface area contributed by atoms with E-state index in [1.165, 1.54) is 0 Å². The lowest BCUT2D eigenvalue weighted by atomic mass is 10.1. The van der Waals surface area contributed by atoms with Crippen LogP contribution in [-0.2, 0) is 11.3 Å². The summed E-state index contributed by atoms with van der Waals surface area (Å²) in [5.41, 5.74) is 3.00. The summed E-state index contributed by atoms with van der Waals surface area (Å²) in [4.78, 5) is 6.58. The Kier molecular flexibility index (Phi) is 5.16. The molecule has 1 N–H and O–H groups in total. The Morgan fingerprint density at radius 1 is 1.53 bits per heavy atom. The Bertz CT molecular complexity index is 409. The summed E-state index contributed by atoms with van der Waals surface area (Å²) < 4.78 is 5.87. The highest BCUT2D eigenvalue weighted by atomic mass is 16.5. The second-order valence-corrected chi connectivity index (χ2v) is 5.19. The third-order valence-corrected chi connectivity index (χ3v) is 3.55. The first-order chi connectivity index (χ1) is 9.24. The minimum atomic E-state index is 0.0413. The Morgan fingerprint density at radius 3 is 3.11 bits per heavy atom. The average Bonchev–Trinajstić information content (AvgIpc) is 2.45. The average molecular weight is 264 g/mol. The summed E-state index contributed by atoms with van der Waals surface area (Å²) >= 11 is 0. The van der Waals surface area contributed by atoms with Gasteiger partial charge in [0, 0.05) is 42.8 Å². The summed E-state index contributed by atoms with van der Waals surface area (Å²) in [6.07, 6.45) is 5.43. The molecule has 4 nitrogen and oxygen atoms in total. The summed E-state index contributed by atoms with van der Waals surface area (Å²) in [7, 11) is 0. The molecule has 1 aromatic rings.